The number of amides is 4. The number of hydrogen-bond acceptors (Lipinski definition) is 3. The molecule has 0 bridgehead atoms. The maximum Gasteiger partial charge on any atom is 0.317 e. The van der Waals surface area contributed by atoms with Crippen LogP contribution in [-0.4, -0.2) is 54.3 Å². The summed E-state index contributed by atoms with van der Waals surface area (Å²) in [4.78, 5) is 41.5. The highest BCUT2D eigenvalue weighted by Crippen LogP contribution is 2.35. The van der Waals surface area contributed by atoms with Gasteiger partial charge in [0.1, 0.15) is 5.82 Å². The van der Waals surface area contributed by atoms with Crippen LogP contribution in [0.1, 0.15) is 37.4 Å². The van der Waals surface area contributed by atoms with Crippen molar-refractivity contribution in [1.29, 1.82) is 0 Å². The first kappa shape index (κ1) is 27.4. The number of urea groups is 1. The van der Waals surface area contributed by atoms with Crippen LogP contribution in [0.2, 0.25) is 10.0 Å². The smallest absolute Gasteiger partial charge is 0.317 e. The van der Waals surface area contributed by atoms with Crippen LogP contribution in [-0.2, 0) is 19.5 Å². The molecular formula is C28H27Cl2FN4O3. The molecule has 4 amide bonds. The molecule has 1 aliphatic heterocycles. The van der Waals surface area contributed by atoms with Crippen molar-refractivity contribution in [3.63, 3.8) is 0 Å². The van der Waals surface area contributed by atoms with E-state index in [1.54, 1.807) is 29.0 Å². The number of carbonyl (C=O) groups excluding carboxylic acids is 3. The zero-order valence-electron chi connectivity index (χ0n) is 20.8. The number of hydrogen-bond donors (Lipinski definition) is 2. The Morgan fingerprint density at radius 2 is 1.71 bits per heavy atom. The number of nitrogens with one attached hydrogen (secondary N) is 2. The zero-order valence-corrected chi connectivity index (χ0v) is 22.3. The first-order valence-electron chi connectivity index (χ1n) is 12.1. The molecule has 7 nitrogen and oxygen atoms in total. The van der Waals surface area contributed by atoms with Crippen molar-refractivity contribution in [3.05, 3.63) is 104 Å². The predicted octanol–water partition coefficient (Wildman–Crippen LogP) is 4.90. The van der Waals surface area contributed by atoms with E-state index in [0.717, 1.165) is 5.56 Å². The molecule has 0 fully saturated rings. The Labute approximate surface area is 230 Å². The van der Waals surface area contributed by atoms with E-state index >= 15 is 0 Å². The van der Waals surface area contributed by atoms with Crippen molar-refractivity contribution < 1.29 is 18.8 Å². The van der Waals surface area contributed by atoms with Crippen LogP contribution in [0.15, 0.2) is 60.7 Å². The van der Waals surface area contributed by atoms with Crippen molar-refractivity contribution in [1.82, 2.24) is 20.4 Å². The predicted molar refractivity (Wildman–Crippen MR) is 145 cm³/mol. The molecule has 4 rings (SSSR count). The molecule has 3 aromatic carbocycles. The van der Waals surface area contributed by atoms with Gasteiger partial charge < -0.3 is 20.4 Å². The second-order valence-corrected chi connectivity index (χ2v) is 9.79. The van der Waals surface area contributed by atoms with Crippen LogP contribution in [0.3, 0.4) is 0 Å². The molecule has 0 aliphatic carbocycles. The van der Waals surface area contributed by atoms with E-state index in [9.17, 15) is 18.8 Å². The summed E-state index contributed by atoms with van der Waals surface area (Å²) in [5.74, 6) is -1.15. The highest BCUT2D eigenvalue weighted by molar-refractivity contribution is 6.41. The topological polar surface area (TPSA) is 81.8 Å². The van der Waals surface area contributed by atoms with E-state index in [0.29, 0.717) is 36.2 Å². The lowest BCUT2D eigenvalue weighted by atomic mass is 9.95. The van der Waals surface area contributed by atoms with E-state index in [-0.39, 0.29) is 53.0 Å². The molecule has 3 aromatic rings. The number of halogens is 3. The van der Waals surface area contributed by atoms with Crippen LogP contribution in [0.25, 0.3) is 0 Å². The summed E-state index contributed by atoms with van der Waals surface area (Å²) in [6.07, 6.45) is 0.427. The average molecular weight is 557 g/mol. The zero-order chi connectivity index (χ0) is 27.2. The largest absolute Gasteiger partial charge is 0.350 e. The molecule has 0 unspecified atom stereocenters. The molecule has 0 atom stereocenters. The highest BCUT2D eigenvalue weighted by Gasteiger charge is 2.30. The summed E-state index contributed by atoms with van der Waals surface area (Å²) in [7, 11) is 1.69. The highest BCUT2D eigenvalue weighted by atomic mass is 35.5. The first-order valence-corrected chi connectivity index (χ1v) is 12.9. The van der Waals surface area contributed by atoms with E-state index in [1.165, 1.54) is 18.2 Å². The van der Waals surface area contributed by atoms with Crippen molar-refractivity contribution in [2.75, 3.05) is 26.7 Å². The average Bonchev–Trinajstić information content (AvgIpc) is 2.89. The minimum absolute atomic E-state index is 0.0545. The Morgan fingerprint density at radius 3 is 2.45 bits per heavy atom. The molecule has 38 heavy (non-hydrogen) atoms. The fourth-order valence-corrected chi connectivity index (χ4v) is 5.05. The van der Waals surface area contributed by atoms with Gasteiger partial charge >= 0.3 is 6.03 Å². The molecule has 0 aromatic heterocycles. The maximum atomic E-state index is 13.6. The summed E-state index contributed by atoms with van der Waals surface area (Å²) in [6.45, 7) is 1.44. The van der Waals surface area contributed by atoms with Gasteiger partial charge in [-0.05, 0) is 41.3 Å². The lowest BCUT2D eigenvalue weighted by Crippen LogP contribution is -2.41. The van der Waals surface area contributed by atoms with Gasteiger partial charge in [0.2, 0.25) is 0 Å². The van der Waals surface area contributed by atoms with Crippen LogP contribution in [0.5, 0.6) is 0 Å². The van der Waals surface area contributed by atoms with Crippen LogP contribution >= 0.6 is 23.2 Å². The van der Waals surface area contributed by atoms with Gasteiger partial charge in [-0.15, -0.1) is 0 Å². The number of fused-ring (bicyclic) bond motifs is 1. The molecule has 1 heterocycles. The summed E-state index contributed by atoms with van der Waals surface area (Å²) in [5.41, 5.74) is 2.65. The fourth-order valence-electron chi connectivity index (χ4n) is 4.33. The molecule has 0 spiro atoms. The molecule has 2 N–H and O–H groups in total. The van der Waals surface area contributed by atoms with E-state index < -0.39 is 5.91 Å². The summed E-state index contributed by atoms with van der Waals surface area (Å²) >= 11 is 13.0. The normalized spacial score (nSPS) is 12.6. The van der Waals surface area contributed by atoms with Gasteiger partial charge in [0, 0.05) is 45.3 Å². The summed E-state index contributed by atoms with van der Waals surface area (Å²) < 4.78 is 13.6. The minimum Gasteiger partial charge on any atom is -0.350 e. The van der Waals surface area contributed by atoms with Crippen molar-refractivity contribution in [2.24, 2.45) is 0 Å². The Morgan fingerprint density at radius 1 is 1.00 bits per heavy atom. The van der Waals surface area contributed by atoms with Crippen molar-refractivity contribution in [3.8, 4) is 0 Å². The summed E-state index contributed by atoms with van der Waals surface area (Å²) in [5, 5.41) is 5.66. The SMILES string of the molecule is CN(Cc1ccccc1)C(=O)NCCNC(=O)c1c(Cl)cc2c(c1Cl)CCN(Cc1cccc(F)c1)C2=O. The Hall–Kier alpha value is -3.62. The second kappa shape index (κ2) is 12.3. The Kier molecular flexibility index (Phi) is 8.86. The molecule has 0 saturated carbocycles. The molecule has 0 radical (unpaired) electrons. The van der Waals surface area contributed by atoms with Crippen LogP contribution in [0, 0.1) is 5.82 Å². The fraction of sp³-hybridized carbons (Fsp3) is 0.250. The molecule has 198 valence electrons. The standard InChI is InChI=1S/C28H27Cl2FN4O3/c1-34(16-18-6-3-2-4-7-18)28(38)33-12-11-32-26(36)24-23(29)15-22-21(25(24)30)10-13-35(27(22)37)17-19-8-5-9-20(31)14-19/h2-9,14-15H,10-13,16-17H2,1H3,(H,32,36)(H,33,38). The summed E-state index contributed by atoms with van der Waals surface area (Å²) in [6, 6.07) is 16.9. The van der Waals surface area contributed by atoms with Crippen LogP contribution < -0.4 is 10.6 Å². The first-order chi connectivity index (χ1) is 18.2. The van der Waals surface area contributed by atoms with Gasteiger partial charge in [0.25, 0.3) is 11.8 Å². The monoisotopic (exact) mass is 556 g/mol. The molecule has 10 heteroatoms. The van der Waals surface area contributed by atoms with Gasteiger partial charge in [-0.3, -0.25) is 9.59 Å². The van der Waals surface area contributed by atoms with Crippen molar-refractivity contribution >= 4 is 41.0 Å². The van der Waals surface area contributed by atoms with E-state index in [1.807, 2.05) is 30.3 Å². The lowest BCUT2D eigenvalue weighted by molar-refractivity contribution is 0.0726. The molecule has 0 saturated heterocycles. The minimum atomic E-state index is -0.496. The van der Waals surface area contributed by atoms with Gasteiger partial charge in [-0.1, -0.05) is 65.7 Å². The van der Waals surface area contributed by atoms with Gasteiger partial charge in [0.15, 0.2) is 0 Å². The quantitative estimate of drug-likeness (QED) is 0.387. The number of benzene rings is 3. The van der Waals surface area contributed by atoms with Crippen LogP contribution in [0.4, 0.5) is 9.18 Å². The van der Waals surface area contributed by atoms with Crippen molar-refractivity contribution in [2.45, 2.75) is 19.5 Å². The lowest BCUT2D eigenvalue weighted by Gasteiger charge is -2.30. The number of rotatable bonds is 8. The van der Waals surface area contributed by atoms with Gasteiger partial charge in [0.05, 0.1) is 15.6 Å². The van der Waals surface area contributed by atoms with Gasteiger partial charge in [-0.2, -0.15) is 0 Å². The molecular weight excluding hydrogens is 530 g/mol. The Bertz CT molecular complexity index is 1350. The number of carbonyl (C=O) groups is 3. The van der Waals surface area contributed by atoms with E-state index in [2.05, 4.69) is 10.6 Å². The maximum absolute atomic E-state index is 13.6. The molecule has 1 aliphatic rings. The number of nitrogens with zero attached hydrogens (tertiary/aromatic N) is 2. The van der Waals surface area contributed by atoms with Gasteiger partial charge in [-0.25, -0.2) is 9.18 Å². The third kappa shape index (κ3) is 6.44. The Balaban J connectivity index is 1.34. The van der Waals surface area contributed by atoms with E-state index in [4.69, 9.17) is 23.2 Å². The third-order valence-corrected chi connectivity index (χ3v) is 6.97. The third-order valence-electron chi connectivity index (χ3n) is 6.25. The second-order valence-electron chi connectivity index (χ2n) is 9.01.